The van der Waals surface area contributed by atoms with E-state index >= 15 is 0 Å². The van der Waals surface area contributed by atoms with Gasteiger partial charge in [-0.25, -0.2) is 4.98 Å². The predicted octanol–water partition coefficient (Wildman–Crippen LogP) is 3.75. The van der Waals surface area contributed by atoms with E-state index < -0.39 is 5.91 Å². The van der Waals surface area contributed by atoms with Gasteiger partial charge < -0.3 is 10.1 Å². The first-order valence-corrected chi connectivity index (χ1v) is 10.2. The summed E-state index contributed by atoms with van der Waals surface area (Å²) in [7, 11) is 1.51. The maximum atomic E-state index is 13.1. The van der Waals surface area contributed by atoms with Gasteiger partial charge in [0.25, 0.3) is 5.91 Å². The van der Waals surface area contributed by atoms with Gasteiger partial charge in [-0.15, -0.1) is 17.8 Å². The number of thiazole rings is 1. The third kappa shape index (κ3) is 5.38. The molecule has 2 aromatic carbocycles. The van der Waals surface area contributed by atoms with Gasteiger partial charge in [0.15, 0.2) is 0 Å². The second-order valence-corrected chi connectivity index (χ2v) is 7.51. The van der Waals surface area contributed by atoms with Gasteiger partial charge in [-0.05, 0) is 42.5 Å². The molecule has 8 heteroatoms. The van der Waals surface area contributed by atoms with Crippen molar-refractivity contribution < 1.29 is 14.3 Å². The third-order valence-corrected chi connectivity index (χ3v) is 5.17. The smallest absolute Gasteiger partial charge is 0.278 e. The van der Waals surface area contributed by atoms with Crippen LogP contribution < -0.4 is 15.0 Å². The molecule has 3 rings (SSSR count). The summed E-state index contributed by atoms with van der Waals surface area (Å²) in [6, 6.07) is 13.9. The number of benzene rings is 2. The highest BCUT2D eigenvalue weighted by atomic mass is 35.5. The summed E-state index contributed by atoms with van der Waals surface area (Å²) in [6.45, 7) is 0.0547. The minimum Gasteiger partial charge on any atom is -0.486 e. The fourth-order valence-corrected chi connectivity index (χ4v) is 3.36. The van der Waals surface area contributed by atoms with Crippen LogP contribution >= 0.6 is 22.9 Å². The van der Waals surface area contributed by atoms with Crippen LogP contribution in [0.5, 0.6) is 5.75 Å². The van der Waals surface area contributed by atoms with Gasteiger partial charge in [0.05, 0.1) is 0 Å². The first-order valence-electron chi connectivity index (χ1n) is 8.92. The van der Waals surface area contributed by atoms with Gasteiger partial charge in [-0.2, -0.15) is 0 Å². The molecule has 0 atom stereocenters. The molecular weight excluding hydrogens is 422 g/mol. The number of anilines is 1. The second kappa shape index (κ2) is 9.92. The van der Waals surface area contributed by atoms with E-state index in [1.54, 1.807) is 53.9 Å². The van der Waals surface area contributed by atoms with Crippen molar-refractivity contribution in [3.8, 4) is 18.1 Å². The van der Waals surface area contributed by atoms with E-state index in [0.717, 1.165) is 0 Å². The quantitative estimate of drug-likeness (QED) is 0.569. The molecule has 3 aromatic rings. The molecule has 1 aromatic heterocycles. The molecule has 0 spiro atoms. The van der Waals surface area contributed by atoms with Crippen LogP contribution in [-0.4, -0.2) is 30.4 Å². The number of terminal acetylenes is 1. The van der Waals surface area contributed by atoms with E-state index in [0.29, 0.717) is 27.0 Å². The molecule has 0 aliphatic carbocycles. The number of hydrogen-bond donors (Lipinski definition) is 1. The number of amides is 2. The Kier molecular flexibility index (Phi) is 7.07. The number of rotatable bonds is 7. The Morgan fingerprint density at radius 2 is 2.03 bits per heavy atom. The maximum absolute atomic E-state index is 13.1. The standard InChI is InChI=1S/C22H18ClN3O3S/c1-3-15-5-4-6-17(11-15)26(12-20(27)24-2)22(28)19-14-30-21(25-19)13-29-18-9-7-16(23)8-10-18/h1,4-11,14H,12-13H2,2H3,(H,24,27). The maximum Gasteiger partial charge on any atom is 0.278 e. The molecule has 1 heterocycles. The second-order valence-electron chi connectivity index (χ2n) is 6.13. The van der Waals surface area contributed by atoms with Crippen LogP contribution in [0.4, 0.5) is 5.69 Å². The first-order chi connectivity index (χ1) is 14.5. The number of ether oxygens (including phenoxy) is 1. The molecular formula is C22H18ClN3O3S. The number of nitrogens with zero attached hydrogens (tertiary/aromatic N) is 2. The zero-order valence-corrected chi connectivity index (χ0v) is 17.7. The van der Waals surface area contributed by atoms with Gasteiger partial charge in [0, 0.05) is 28.7 Å². The fourth-order valence-electron chi connectivity index (χ4n) is 2.56. The normalized spacial score (nSPS) is 10.2. The van der Waals surface area contributed by atoms with Gasteiger partial charge in [0.2, 0.25) is 5.91 Å². The molecule has 0 saturated carbocycles. The average Bonchev–Trinajstić information content (AvgIpc) is 3.25. The van der Waals surface area contributed by atoms with Crippen LogP contribution in [-0.2, 0) is 11.4 Å². The van der Waals surface area contributed by atoms with Gasteiger partial charge in [0.1, 0.15) is 29.6 Å². The van der Waals surface area contributed by atoms with E-state index in [1.807, 2.05) is 0 Å². The fraction of sp³-hybridized carbons (Fsp3) is 0.136. The average molecular weight is 440 g/mol. The van der Waals surface area contributed by atoms with Crippen LogP contribution in [0.1, 0.15) is 21.1 Å². The molecule has 0 fully saturated rings. The topological polar surface area (TPSA) is 71.5 Å². The van der Waals surface area contributed by atoms with Crippen molar-refractivity contribution in [1.82, 2.24) is 10.3 Å². The van der Waals surface area contributed by atoms with Crippen LogP contribution in [0.15, 0.2) is 53.9 Å². The van der Waals surface area contributed by atoms with Gasteiger partial charge in [-0.3, -0.25) is 14.5 Å². The SMILES string of the molecule is C#Cc1cccc(N(CC(=O)NC)C(=O)c2csc(COc3ccc(Cl)cc3)n2)c1. The predicted molar refractivity (Wildman–Crippen MR) is 118 cm³/mol. The lowest BCUT2D eigenvalue weighted by Gasteiger charge is -2.21. The van der Waals surface area contributed by atoms with Crippen molar-refractivity contribution in [3.05, 3.63) is 75.2 Å². The van der Waals surface area contributed by atoms with E-state index in [1.165, 1.54) is 23.3 Å². The molecule has 0 bridgehead atoms. The summed E-state index contributed by atoms with van der Waals surface area (Å²) in [5.41, 5.74) is 1.35. The summed E-state index contributed by atoms with van der Waals surface area (Å²) < 4.78 is 5.68. The molecule has 30 heavy (non-hydrogen) atoms. The highest BCUT2D eigenvalue weighted by Gasteiger charge is 2.23. The summed E-state index contributed by atoms with van der Waals surface area (Å²) >= 11 is 7.17. The highest BCUT2D eigenvalue weighted by molar-refractivity contribution is 7.09. The minimum atomic E-state index is -0.401. The summed E-state index contributed by atoms with van der Waals surface area (Å²) in [6.07, 6.45) is 5.46. The zero-order valence-electron chi connectivity index (χ0n) is 16.1. The largest absolute Gasteiger partial charge is 0.486 e. The lowest BCUT2D eigenvalue weighted by Crippen LogP contribution is -2.40. The van der Waals surface area contributed by atoms with E-state index in [4.69, 9.17) is 22.8 Å². The number of likely N-dealkylation sites (N-methyl/N-ethyl adjacent to an activating group) is 1. The minimum absolute atomic E-state index is 0.155. The molecule has 0 radical (unpaired) electrons. The number of aromatic nitrogens is 1. The van der Waals surface area contributed by atoms with Crippen molar-refractivity contribution in [2.75, 3.05) is 18.5 Å². The van der Waals surface area contributed by atoms with Crippen LogP contribution in [0.25, 0.3) is 0 Å². The Morgan fingerprint density at radius 1 is 1.27 bits per heavy atom. The number of carbonyl (C=O) groups is 2. The molecule has 0 saturated heterocycles. The molecule has 2 amide bonds. The van der Waals surface area contributed by atoms with Crippen molar-refractivity contribution in [2.24, 2.45) is 0 Å². The summed E-state index contributed by atoms with van der Waals surface area (Å²) in [5, 5.41) is 5.42. The van der Waals surface area contributed by atoms with Crippen molar-refractivity contribution in [3.63, 3.8) is 0 Å². The Hall–Kier alpha value is -3.34. The van der Waals surface area contributed by atoms with Crippen molar-refractivity contribution in [1.29, 1.82) is 0 Å². The van der Waals surface area contributed by atoms with E-state index in [-0.39, 0.29) is 24.8 Å². The first kappa shape index (κ1) is 21.4. The van der Waals surface area contributed by atoms with E-state index in [9.17, 15) is 9.59 Å². The Balaban J connectivity index is 1.78. The van der Waals surface area contributed by atoms with Crippen LogP contribution in [0, 0.1) is 12.3 Å². The van der Waals surface area contributed by atoms with Crippen LogP contribution in [0.2, 0.25) is 5.02 Å². The molecule has 0 aliphatic rings. The highest BCUT2D eigenvalue weighted by Crippen LogP contribution is 2.21. The number of halogens is 1. The molecule has 0 aliphatic heterocycles. The summed E-state index contributed by atoms with van der Waals surface area (Å²) in [4.78, 5) is 30.8. The molecule has 152 valence electrons. The summed E-state index contributed by atoms with van der Waals surface area (Å²) in [5.74, 6) is 2.47. The number of hydrogen-bond acceptors (Lipinski definition) is 5. The van der Waals surface area contributed by atoms with Crippen molar-refractivity contribution in [2.45, 2.75) is 6.61 Å². The van der Waals surface area contributed by atoms with Gasteiger partial charge >= 0.3 is 0 Å². The number of nitrogens with one attached hydrogen (secondary N) is 1. The van der Waals surface area contributed by atoms with E-state index in [2.05, 4.69) is 16.2 Å². The zero-order chi connectivity index (χ0) is 21.5. The lowest BCUT2D eigenvalue weighted by atomic mass is 10.2. The monoisotopic (exact) mass is 439 g/mol. The number of carbonyl (C=O) groups excluding carboxylic acids is 2. The Bertz CT molecular complexity index is 1090. The third-order valence-electron chi connectivity index (χ3n) is 4.10. The Morgan fingerprint density at radius 3 is 2.73 bits per heavy atom. The Labute approximate surface area is 183 Å². The van der Waals surface area contributed by atoms with Gasteiger partial charge in [-0.1, -0.05) is 23.6 Å². The lowest BCUT2D eigenvalue weighted by molar-refractivity contribution is -0.119. The molecule has 1 N–H and O–H groups in total. The molecule has 0 unspecified atom stereocenters. The van der Waals surface area contributed by atoms with Crippen LogP contribution in [0.3, 0.4) is 0 Å². The van der Waals surface area contributed by atoms with Crippen molar-refractivity contribution >= 4 is 40.4 Å². The molecule has 6 nitrogen and oxygen atoms in total.